The van der Waals surface area contributed by atoms with Crippen molar-refractivity contribution in [3.05, 3.63) is 58.1 Å². The Morgan fingerprint density at radius 2 is 1.81 bits per heavy atom. The lowest BCUT2D eigenvalue weighted by molar-refractivity contribution is 0.0696. The van der Waals surface area contributed by atoms with Crippen LogP contribution in [0.25, 0.3) is 0 Å². The monoisotopic (exact) mass is 326 g/mol. The molecule has 2 aromatic rings. The summed E-state index contributed by atoms with van der Waals surface area (Å²) < 4.78 is 10.9. The maximum absolute atomic E-state index is 10.8. The topological polar surface area (TPSA) is 55.8 Å². The first kappa shape index (κ1) is 15.5. The number of aromatic carboxylic acids is 1. The number of carboxylic acid groups (broad SMARTS) is 1. The number of halogens is 2. The highest BCUT2D eigenvalue weighted by Gasteiger charge is 2.05. The zero-order valence-corrected chi connectivity index (χ0v) is 12.4. The van der Waals surface area contributed by atoms with E-state index in [4.69, 9.17) is 37.8 Å². The molecule has 0 aliphatic heterocycles. The van der Waals surface area contributed by atoms with Gasteiger partial charge >= 0.3 is 5.97 Å². The highest BCUT2D eigenvalue weighted by Crippen LogP contribution is 2.27. The molecule has 0 bridgehead atoms. The van der Waals surface area contributed by atoms with Crippen molar-refractivity contribution in [1.82, 2.24) is 0 Å². The van der Waals surface area contributed by atoms with Gasteiger partial charge in [0.25, 0.3) is 0 Å². The minimum absolute atomic E-state index is 0.175. The molecule has 0 spiro atoms. The third-order valence-electron chi connectivity index (χ3n) is 2.58. The number of hydrogen-bond donors (Lipinski definition) is 1. The van der Waals surface area contributed by atoms with Crippen LogP contribution < -0.4 is 9.47 Å². The molecule has 0 unspecified atom stereocenters. The molecule has 2 rings (SSSR count). The van der Waals surface area contributed by atoms with Crippen LogP contribution in [-0.2, 0) is 0 Å². The number of carbonyl (C=O) groups is 1. The molecule has 0 radical (unpaired) electrons. The van der Waals surface area contributed by atoms with Gasteiger partial charge < -0.3 is 14.6 Å². The molecule has 110 valence electrons. The number of benzene rings is 2. The smallest absolute Gasteiger partial charge is 0.335 e. The number of ether oxygens (including phenoxy) is 2. The summed E-state index contributed by atoms with van der Waals surface area (Å²) in [4.78, 5) is 10.8. The Hall–Kier alpha value is -1.91. The summed E-state index contributed by atoms with van der Waals surface area (Å²) in [5.74, 6) is -0.00528. The van der Waals surface area contributed by atoms with Crippen molar-refractivity contribution in [3.8, 4) is 11.5 Å². The van der Waals surface area contributed by atoms with Crippen molar-refractivity contribution in [1.29, 1.82) is 0 Å². The van der Waals surface area contributed by atoms with Crippen LogP contribution in [0.2, 0.25) is 10.0 Å². The van der Waals surface area contributed by atoms with E-state index in [1.165, 1.54) is 12.1 Å². The van der Waals surface area contributed by atoms with E-state index >= 15 is 0 Å². The third kappa shape index (κ3) is 4.55. The van der Waals surface area contributed by atoms with Crippen LogP contribution in [-0.4, -0.2) is 24.3 Å². The Labute approximate surface area is 131 Å². The quantitative estimate of drug-likeness (QED) is 0.810. The van der Waals surface area contributed by atoms with Crippen LogP contribution in [0, 0.1) is 0 Å². The number of hydrogen-bond acceptors (Lipinski definition) is 3. The van der Waals surface area contributed by atoms with Gasteiger partial charge in [-0.2, -0.15) is 0 Å². The molecule has 6 heteroatoms. The Morgan fingerprint density at radius 1 is 1.05 bits per heavy atom. The largest absolute Gasteiger partial charge is 0.490 e. The van der Waals surface area contributed by atoms with E-state index in [1.54, 1.807) is 30.3 Å². The van der Waals surface area contributed by atoms with Crippen LogP contribution >= 0.6 is 23.2 Å². The van der Waals surface area contributed by atoms with Crippen molar-refractivity contribution in [2.24, 2.45) is 0 Å². The van der Waals surface area contributed by atoms with Gasteiger partial charge in [-0.25, -0.2) is 4.79 Å². The average molecular weight is 327 g/mol. The van der Waals surface area contributed by atoms with Gasteiger partial charge in [0.05, 0.1) is 10.6 Å². The Bertz CT molecular complexity index is 643. The Balaban J connectivity index is 1.84. The minimum atomic E-state index is -0.996. The lowest BCUT2D eigenvalue weighted by Crippen LogP contribution is -2.09. The first-order valence-electron chi connectivity index (χ1n) is 6.10. The summed E-state index contributed by atoms with van der Waals surface area (Å²) in [7, 11) is 0. The van der Waals surface area contributed by atoms with E-state index in [2.05, 4.69) is 0 Å². The zero-order chi connectivity index (χ0) is 15.2. The van der Waals surface area contributed by atoms with Crippen LogP contribution in [0.1, 0.15) is 10.4 Å². The molecule has 0 saturated heterocycles. The minimum Gasteiger partial charge on any atom is -0.490 e. The second kappa shape index (κ2) is 7.20. The Morgan fingerprint density at radius 3 is 2.52 bits per heavy atom. The fraction of sp³-hybridized carbons (Fsp3) is 0.133. The molecule has 1 N–H and O–H groups in total. The highest BCUT2D eigenvalue weighted by atomic mass is 35.5. The Kier molecular flexibility index (Phi) is 5.31. The molecule has 0 aromatic heterocycles. The van der Waals surface area contributed by atoms with Crippen molar-refractivity contribution in [3.63, 3.8) is 0 Å². The van der Waals surface area contributed by atoms with E-state index in [-0.39, 0.29) is 18.8 Å². The summed E-state index contributed by atoms with van der Waals surface area (Å²) in [5.41, 5.74) is 0.175. The molecule has 0 saturated carbocycles. The van der Waals surface area contributed by atoms with Gasteiger partial charge in [0, 0.05) is 5.02 Å². The lowest BCUT2D eigenvalue weighted by Gasteiger charge is -2.10. The number of carboxylic acids is 1. The predicted octanol–water partition coefficient (Wildman–Crippen LogP) is 4.15. The van der Waals surface area contributed by atoms with E-state index in [9.17, 15) is 4.79 Å². The predicted molar refractivity (Wildman–Crippen MR) is 80.9 cm³/mol. The van der Waals surface area contributed by atoms with Gasteiger partial charge in [-0.05, 0) is 36.4 Å². The molecular weight excluding hydrogens is 315 g/mol. The first-order valence-corrected chi connectivity index (χ1v) is 6.86. The summed E-state index contributed by atoms with van der Waals surface area (Å²) in [6.07, 6.45) is 0. The second-order valence-corrected chi connectivity index (χ2v) is 4.95. The molecule has 0 aliphatic rings. The van der Waals surface area contributed by atoms with Gasteiger partial charge in [0.2, 0.25) is 0 Å². The maximum Gasteiger partial charge on any atom is 0.335 e. The van der Waals surface area contributed by atoms with Crippen LogP contribution in [0.4, 0.5) is 0 Å². The third-order valence-corrected chi connectivity index (χ3v) is 3.12. The standard InChI is InChI=1S/C15H12Cl2O4/c16-11-4-5-14(13(17)9-11)21-7-6-20-12-3-1-2-10(8-12)15(18)19/h1-5,8-9H,6-7H2,(H,18,19). The summed E-state index contributed by atoms with van der Waals surface area (Å²) in [6, 6.07) is 11.2. The molecule has 2 aromatic carbocycles. The van der Waals surface area contributed by atoms with Crippen LogP contribution in [0.3, 0.4) is 0 Å². The van der Waals surface area contributed by atoms with Gasteiger partial charge in [-0.3, -0.25) is 0 Å². The van der Waals surface area contributed by atoms with Crippen molar-refractivity contribution in [2.75, 3.05) is 13.2 Å². The van der Waals surface area contributed by atoms with Gasteiger partial charge in [0.15, 0.2) is 0 Å². The fourth-order valence-electron chi connectivity index (χ4n) is 1.62. The fourth-order valence-corrected chi connectivity index (χ4v) is 2.09. The summed E-state index contributed by atoms with van der Waals surface area (Å²) >= 11 is 11.8. The zero-order valence-electron chi connectivity index (χ0n) is 10.9. The van der Waals surface area contributed by atoms with E-state index in [0.717, 1.165) is 0 Å². The van der Waals surface area contributed by atoms with E-state index < -0.39 is 5.97 Å². The molecule has 4 nitrogen and oxygen atoms in total. The van der Waals surface area contributed by atoms with Crippen molar-refractivity contribution in [2.45, 2.75) is 0 Å². The van der Waals surface area contributed by atoms with Gasteiger partial charge in [-0.1, -0.05) is 29.3 Å². The van der Waals surface area contributed by atoms with E-state index in [1.807, 2.05) is 0 Å². The van der Waals surface area contributed by atoms with Crippen molar-refractivity contribution >= 4 is 29.2 Å². The normalized spacial score (nSPS) is 10.2. The molecule has 21 heavy (non-hydrogen) atoms. The van der Waals surface area contributed by atoms with Crippen LogP contribution in [0.5, 0.6) is 11.5 Å². The van der Waals surface area contributed by atoms with Crippen molar-refractivity contribution < 1.29 is 19.4 Å². The van der Waals surface area contributed by atoms with Gasteiger partial charge in [0.1, 0.15) is 24.7 Å². The average Bonchev–Trinajstić information content (AvgIpc) is 2.45. The molecule has 0 amide bonds. The summed E-state index contributed by atoms with van der Waals surface area (Å²) in [6.45, 7) is 0.542. The molecule has 0 atom stereocenters. The summed E-state index contributed by atoms with van der Waals surface area (Å²) in [5, 5.41) is 9.84. The maximum atomic E-state index is 10.8. The van der Waals surface area contributed by atoms with Gasteiger partial charge in [-0.15, -0.1) is 0 Å². The molecular formula is C15H12Cl2O4. The highest BCUT2D eigenvalue weighted by molar-refractivity contribution is 6.35. The second-order valence-electron chi connectivity index (χ2n) is 4.10. The van der Waals surface area contributed by atoms with Crippen LogP contribution in [0.15, 0.2) is 42.5 Å². The molecule has 0 fully saturated rings. The number of rotatable bonds is 6. The first-order chi connectivity index (χ1) is 10.1. The molecule has 0 aliphatic carbocycles. The SMILES string of the molecule is O=C(O)c1cccc(OCCOc2ccc(Cl)cc2Cl)c1. The lowest BCUT2D eigenvalue weighted by atomic mass is 10.2. The molecule has 0 heterocycles. The van der Waals surface area contributed by atoms with E-state index in [0.29, 0.717) is 21.5 Å².